The molecule has 0 saturated carbocycles. The molecule has 1 N–H and O–H groups in total. The summed E-state index contributed by atoms with van der Waals surface area (Å²) in [4.78, 5) is 0. The summed E-state index contributed by atoms with van der Waals surface area (Å²) in [6, 6.07) is 12.1. The second-order valence-electron chi connectivity index (χ2n) is 8.34. The Kier molecular flexibility index (Phi) is 11.6. The van der Waals surface area contributed by atoms with Crippen molar-refractivity contribution < 1.29 is 9.84 Å². The zero-order valence-electron chi connectivity index (χ0n) is 19.4. The predicted octanol–water partition coefficient (Wildman–Crippen LogP) is 8.43. The molecule has 0 unspecified atom stereocenters. The fraction of sp³-hybridized carbons (Fsp3) is 0.448. The maximum atomic E-state index is 10.1. The van der Waals surface area contributed by atoms with E-state index in [1.165, 1.54) is 56.9 Å². The molecule has 0 aliphatic heterocycles. The number of hydrogen-bond acceptors (Lipinski definition) is 2. The van der Waals surface area contributed by atoms with Crippen LogP contribution in [0.15, 0.2) is 61.7 Å². The molecular formula is C29H40O2. The SMILES string of the molecule is C=CCc1ccc(OCCCCCCCCCCC)c(-c2ccc(O)c(CC=C)c2)c1. The minimum Gasteiger partial charge on any atom is -0.508 e. The number of ether oxygens (including phenoxy) is 1. The molecule has 0 spiro atoms. The van der Waals surface area contributed by atoms with Gasteiger partial charge in [0.2, 0.25) is 0 Å². The molecule has 0 aliphatic rings. The van der Waals surface area contributed by atoms with Crippen LogP contribution in [0.3, 0.4) is 0 Å². The molecule has 0 aromatic heterocycles. The van der Waals surface area contributed by atoms with E-state index in [4.69, 9.17) is 4.74 Å². The number of unbranched alkanes of at least 4 members (excludes halogenated alkanes) is 8. The Hall–Kier alpha value is -2.48. The van der Waals surface area contributed by atoms with Crippen LogP contribution in [0.2, 0.25) is 0 Å². The number of hydrogen-bond donors (Lipinski definition) is 1. The molecule has 0 saturated heterocycles. The standard InChI is InChI=1S/C29H40O2/c1-4-7-8-9-10-11-12-13-14-21-31-29-20-17-24(15-5-2)22-27(29)25-18-19-28(30)26(23-25)16-6-3/h5-6,17-20,22-23,30H,2-4,7-16,21H2,1H3. The van der Waals surface area contributed by atoms with Gasteiger partial charge in [0, 0.05) is 5.56 Å². The molecular weight excluding hydrogens is 380 g/mol. The molecule has 31 heavy (non-hydrogen) atoms. The van der Waals surface area contributed by atoms with Crippen LogP contribution in [0.4, 0.5) is 0 Å². The van der Waals surface area contributed by atoms with Gasteiger partial charge in [-0.15, -0.1) is 13.2 Å². The predicted molar refractivity (Wildman–Crippen MR) is 134 cm³/mol. The quantitative estimate of drug-likeness (QED) is 0.218. The first kappa shape index (κ1) is 24.8. The maximum absolute atomic E-state index is 10.1. The molecule has 2 rings (SSSR count). The molecule has 0 atom stereocenters. The Bertz CT molecular complexity index is 806. The van der Waals surface area contributed by atoms with Crippen LogP contribution in [0.5, 0.6) is 11.5 Å². The van der Waals surface area contributed by atoms with Crippen molar-refractivity contribution in [2.45, 2.75) is 77.6 Å². The first-order valence-electron chi connectivity index (χ1n) is 12.0. The van der Waals surface area contributed by atoms with Crippen molar-refractivity contribution >= 4 is 0 Å². The van der Waals surface area contributed by atoms with E-state index in [0.29, 0.717) is 12.2 Å². The van der Waals surface area contributed by atoms with Gasteiger partial charge in [0.15, 0.2) is 0 Å². The second kappa shape index (κ2) is 14.5. The van der Waals surface area contributed by atoms with Gasteiger partial charge in [-0.05, 0) is 60.2 Å². The Morgan fingerprint density at radius 2 is 1.48 bits per heavy atom. The number of phenols is 1. The van der Waals surface area contributed by atoms with E-state index in [2.05, 4.69) is 38.3 Å². The van der Waals surface area contributed by atoms with Crippen molar-refractivity contribution in [1.29, 1.82) is 0 Å². The number of allylic oxidation sites excluding steroid dienone is 2. The Balaban J connectivity index is 1.96. The van der Waals surface area contributed by atoms with E-state index in [-0.39, 0.29) is 0 Å². The summed E-state index contributed by atoms with van der Waals surface area (Å²) in [6.45, 7) is 10.7. The molecule has 2 aromatic carbocycles. The molecule has 2 aromatic rings. The first-order chi connectivity index (χ1) is 15.2. The highest BCUT2D eigenvalue weighted by molar-refractivity contribution is 5.72. The lowest BCUT2D eigenvalue weighted by atomic mass is 9.97. The van der Waals surface area contributed by atoms with Gasteiger partial charge in [-0.2, -0.15) is 0 Å². The third-order valence-corrected chi connectivity index (χ3v) is 5.68. The molecule has 2 nitrogen and oxygen atoms in total. The monoisotopic (exact) mass is 420 g/mol. The molecule has 0 fully saturated rings. The van der Waals surface area contributed by atoms with Gasteiger partial charge in [0.05, 0.1) is 6.61 Å². The average molecular weight is 421 g/mol. The summed E-state index contributed by atoms with van der Waals surface area (Å²) in [5, 5.41) is 10.1. The largest absolute Gasteiger partial charge is 0.508 e. The van der Waals surface area contributed by atoms with Crippen LogP contribution in [0.25, 0.3) is 11.1 Å². The van der Waals surface area contributed by atoms with E-state index >= 15 is 0 Å². The highest BCUT2D eigenvalue weighted by Crippen LogP contribution is 2.34. The maximum Gasteiger partial charge on any atom is 0.127 e. The van der Waals surface area contributed by atoms with E-state index in [9.17, 15) is 5.11 Å². The summed E-state index contributed by atoms with van der Waals surface area (Å²) in [5.74, 6) is 1.21. The van der Waals surface area contributed by atoms with E-state index in [0.717, 1.165) is 41.9 Å². The fourth-order valence-corrected chi connectivity index (χ4v) is 3.89. The van der Waals surface area contributed by atoms with Gasteiger partial charge < -0.3 is 9.84 Å². The number of benzene rings is 2. The summed E-state index contributed by atoms with van der Waals surface area (Å²) < 4.78 is 6.21. The zero-order valence-corrected chi connectivity index (χ0v) is 19.4. The molecule has 0 radical (unpaired) electrons. The van der Waals surface area contributed by atoms with Crippen LogP contribution in [-0.4, -0.2) is 11.7 Å². The topological polar surface area (TPSA) is 29.5 Å². The van der Waals surface area contributed by atoms with Crippen molar-refractivity contribution in [3.63, 3.8) is 0 Å². The van der Waals surface area contributed by atoms with Gasteiger partial charge in [0.25, 0.3) is 0 Å². The van der Waals surface area contributed by atoms with Crippen molar-refractivity contribution in [3.05, 3.63) is 72.8 Å². The lowest BCUT2D eigenvalue weighted by molar-refractivity contribution is 0.305. The van der Waals surface area contributed by atoms with Crippen LogP contribution >= 0.6 is 0 Å². The normalized spacial score (nSPS) is 10.7. The zero-order chi connectivity index (χ0) is 22.3. The van der Waals surface area contributed by atoms with Crippen molar-refractivity contribution in [1.82, 2.24) is 0 Å². The molecule has 0 aliphatic carbocycles. The first-order valence-corrected chi connectivity index (χ1v) is 12.0. The van der Waals surface area contributed by atoms with E-state index in [1.54, 1.807) is 6.07 Å². The van der Waals surface area contributed by atoms with Gasteiger partial charge in [-0.25, -0.2) is 0 Å². The second-order valence-corrected chi connectivity index (χ2v) is 8.34. The highest BCUT2D eigenvalue weighted by atomic mass is 16.5. The minimum absolute atomic E-state index is 0.308. The number of rotatable bonds is 16. The van der Waals surface area contributed by atoms with Crippen LogP contribution in [-0.2, 0) is 12.8 Å². The lowest BCUT2D eigenvalue weighted by Crippen LogP contribution is -2.00. The summed E-state index contributed by atoms with van der Waals surface area (Å²) in [7, 11) is 0. The van der Waals surface area contributed by atoms with Gasteiger partial charge in [-0.1, -0.05) is 82.6 Å². The van der Waals surface area contributed by atoms with Gasteiger partial charge >= 0.3 is 0 Å². The third-order valence-electron chi connectivity index (χ3n) is 5.68. The Morgan fingerprint density at radius 1 is 0.806 bits per heavy atom. The molecule has 0 bridgehead atoms. The minimum atomic E-state index is 0.308. The summed E-state index contributed by atoms with van der Waals surface area (Å²) in [6.07, 6.45) is 16.9. The molecule has 0 heterocycles. The fourth-order valence-electron chi connectivity index (χ4n) is 3.89. The van der Waals surface area contributed by atoms with Gasteiger partial charge in [-0.3, -0.25) is 0 Å². The van der Waals surface area contributed by atoms with Crippen LogP contribution in [0, 0.1) is 0 Å². The van der Waals surface area contributed by atoms with E-state index < -0.39 is 0 Å². The third kappa shape index (κ3) is 8.65. The average Bonchev–Trinajstić information content (AvgIpc) is 2.77. The van der Waals surface area contributed by atoms with Crippen LogP contribution < -0.4 is 4.74 Å². The lowest BCUT2D eigenvalue weighted by Gasteiger charge is -2.15. The Labute approximate surface area is 189 Å². The van der Waals surface area contributed by atoms with Gasteiger partial charge in [0.1, 0.15) is 11.5 Å². The summed E-state index contributed by atoms with van der Waals surface area (Å²) in [5.41, 5.74) is 4.22. The Morgan fingerprint density at radius 3 is 2.16 bits per heavy atom. The number of phenolic OH excluding ortho intramolecular Hbond substituents is 1. The molecule has 2 heteroatoms. The number of aromatic hydroxyl groups is 1. The highest BCUT2D eigenvalue weighted by Gasteiger charge is 2.10. The van der Waals surface area contributed by atoms with Crippen molar-refractivity contribution in [3.8, 4) is 22.6 Å². The summed E-state index contributed by atoms with van der Waals surface area (Å²) >= 11 is 0. The van der Waals surface area contributed by atoms with E-state index in [1.807, 2.05) is 24.3 Å². The van der Waals surface area contributed by atoms with Crippen molar-refractivity contribution in [2.24, 2.45) is 0 Å². The van der Waals surface area contributed by atoms with Crippen LogP contribution in [0.1, 0.15) is 75.8 Å². The molecule has 0 amide bonds. The van der Waals surface area contributed by atoms with Crippen molar-refractivity contribution in [2.75, 3.05) is 6.61 Å². The molecule has 168 valence electrons. The smallest absolute Gasteiger partial charge is 0.127 e.